The van der Waals surface area contributed by atoms with Crippen LogP contribution >= 0.6 is 0 Å². The lowest BCUT2D eigenvalue weighted by molar-refractivity contribution is -0.204. The molecule has 0 radical (unpaired) electrons. The van der Waals surface area contributed by atoms with Gasteiger partial charge in [-0.15, -0.1) is 0 Å². The van der Waals surface area contributed by atoms with Gasteiger partial charge in [-0.05, 0) is 26.0 Å². The Balaban J connectivity index is 1.90. The monoisotopic (exact) mass is 331 g/mol. The van der Waals surface area contributed by atoms with E-state index in [-0.39, 0.29) is 6.61 Å². The largest absolute Gasteiger partial charge is 0.394 e. The summed E-state index contributed by atoms with van der Waals surface area (Å²) in [5, 5.41) is 23.8. The number of fused-ring (bicyclic) bond motifs is 2. The number of ether oxygens (including phenoxy) is 3. The first-order valence-corrected chi connectivity index (χ1v) is 7.56. The number of hydrogen-bond acceptors (Lipinski definition) is 8. The topological polar surface area (TPSA) is 128 Å². The molecule has 4 heterocycles. The maximum atomic E-state index is 9.97. The number of hydrogen-bond donors (Lipinski definition) is 2. The molecule has 0 amide bonds. The van der Waals surface area contributed by atoms with Gasteiger partial charge in [0.05, 0.1) is 12.3 Å². The molecule has 1 unspecified atom stereocenters. The molecule has 0 aromatic carbocycles. The summed E-state index contributed by atoms with van der Waals surface area (Å²) in [6, 6.07) is 5.63. The fourth-order valence-electron chi connectivity index (χ4n) is 3.48. The van der Waals surface area contributed by atoms with E-state index in [4.69, 9.17) is 19.9 Å². The molecule has 0 aliphatic carbocycles. The minimum Gasteiger partial charge on any atom is -0.394 e. The maximum absolute atomic E-state index is 9.97. The van der Waals surface area contributed by atoms with E-state index in [2.05, 4.69) is 16.2 Å². The highest BCUT2D eigenvalue weighted by Crippen LogP contribution is 2.49. The summed E-state index contributed by atoms with van der Waals surface area (Å²) < 4.78 is 19.2. The molecule has 126 valence electrons. The first-order chi connectivity index (χ1) is 11.4. The van der Waals surface area contributed by atoms with Crippen molar-refractivity contribution in [2.75, 3.05) is 12.3 Å². The molecule has 0 saturated carbocycles. The average molecular weight is 331 g/mol. The van der Waals surface area contributed by atoms with E-state index in [0.717, 1.165) is 0 Å². The Morgan fingerprint density at radius 1 is 1.38 bits per heavy atom. The molecule has 4 rings (SSSR count). The van der Waals surface area contributed by atoms with Crippen molar-refractivity contribution in [3.8, 4) is 6.07 Å². The first-order valence-electron chi connectivity index (χ1n) is 7.56. The molecule has 2 saturated heterocycles. The van der Waals surface area contributed by atoms with Crippen LogP contribution in [-0.2, 0) is 19.8 Å². The number of nitrogens with two attached hydrogens (primary N) is 1. The second kappa shape index (κ2) is 4.87. The van der Waals surface area contributed by atoms with Gasteiger partial charge in [-0.1, -0.05) is 0 Å². The van der Waals surface area contributed by atoms with E-state index >= 15 is 0 Å². The molecule has 9 heteroatoms. The van der Waals surface area contributed by atoms with Crippen LogP contribution in [0.15, 0.2) is 18.5 Å². The van der Waals surface area contributed by atoms with Crippen LogP contribution in [-0.4, -0.2) is 50.4 Å². The second-order valence-corrected chi connectivity index (χ2v) is 6.37. The van der Waals surface area contributed by atoms with Crippen molar-refractivity contribution in [2.24, 2.45) is 0 Å². The Labute approximate surface area is 137 Å². The number of anilines is 1. The van der Waals surface area contributed by atoms with Gasteiger partial charge in [0, 0.05) is 0 Å². The van der Waals surface area contributed by atoms with E-state index in [1.54, 1.807) is 26.0 Å². The molecule has 2 aliphatic rings. The van der Waals surface area contributed by atoms with E-state index < -0.39 is 29.7 Å². The van der Waals surface area contributed by atoms with Crippen LogP contribution in [0.2, 0.25) is 0 Å². The van der Waals surface area contributed by atoms with Crippen LogP contribution < -0.4 is 5.73 Å². The number of rotatable bonds is 2. The van der Waals surface area contributed by atoms with E-state index in [1.165, 1.54) is 10.8 Å². The van der Waals surface area contributed by atoms with Crippen LogP contribution in [0.4, 0.5) is 5.82 Å². The lowest BCUT2D eigenvalue weighted by atomic mass is 9.92. The van der Waals surface area contributed by atoms with Crippen LogP contribution in [0.5, 0.6) is 0 Å². The predicted molar refractivity (Wildman–Crippen MR) is 80.5 cm³/mol. The Morgan fingerprint density at radius 3 is 2.88 bits per heavy atom. The maximum Gasteiger partial charge on any atom is 0.226 e. The van der Waals surface area contributed by atoms with Crippen LogP contribution in [0.1, 0.15) is 19.5 Å². The molecule has 24 heavy (non-hydrogen) atoms. The molecule has 2 aliphatic heterocycles. The lowest BCUT2D eigenvalue weighted by Crippen LogP contribution is -2.40. The summed E-state index contributed by atoms with van der Waals surface area (Å²) in [4.78, 5) is 3.94. The third-order valence-corrected chi connectivity index (χ3v) is 4.44. The highest BCUT2D eigenvalue weighted by molar-refractivity contribution is 5.66. The van der Waals surface area contributed by atoms with Crippen molar-refractivity contribution >= 4 is 11.3 Å². The minimum absolute atomic E-state index is 0.287. The highest BCUT2D eigenvalue weighted by atomic mass is 16.8. The zero-order chi connectivity index (χ0) is 17.1. The van der Waals surface area contributed by atoms with Crippen molar-refractivity contribution in [3.63, 3.8) is 0 Å². The smallest absolute Gasteiger partial charge is 0.226 e. The number of nitriles is 1. The molecule has 4 atom stereocenters. The summed E-state index contributed by atoms with van der Waals surface area (Å²) in [5.41, 5.74) is 5.41. The van der Waals surface area contributed by atoms with E-state index in [0.29, 0.717) is 17.0 Å². The Bertz CT molecular complexity index is 844. The van der Waals surface area contributed by atoms with Gasteiger partial charge in [-0.3, -0.25) is 0 Å². The Kier molecular flexibility index (Phi) is 3.10. The number of aromatic nitrogens is 3. The molecule has 0 bridgehead atoms. The van der Waals surface area contributed by atoms with Gasteiger partial charge in [0.15, 0.2) is 11.6 Å². The van der Waals surface area contributed by atoms with Crippen LogP contribution in [0.25, 0.3) is 5.52 Å². The minimum atomic E-state index is -1.47. The quantitative estimate of drug-likeness (QED) is 0.783. The fourth-order valence-corrected chi connectivity index (χ4v) is 3.48. The average Bonchev–Trinajstić information content (AvgIpc) is 3.18. The summed E-state index contributed by atoms with van der Waals surface area (Å²) in [6.07, 6.45) is -0.637. The normalized spacial score (nSPS) is 34.3. The van der Waals surface area contributed by atoms with Crippen molar-refractivity contribution in [3.05, 3.63) is 24.2 Å². The lowest BCUT2D eigenvalue weighted by Gasteiger charge is -2.28. The fraction of sp³-hybridized carbons (Fsp3) is 0.533. The Morgan fingerprint density at radius 2 is 2.17 bits per heavy atom. The van der Waals surface area contributed by atoms with Crippen LogP contribution in [0, 0.1) is 11.3 Å². The van der Waals surface area contributed by atoms with Crippen molar-refractivity contribution in [1.29, 1.82) is 5.26 Å². The van der Waals surface area contributed by atoms with E-state index in [1.807, 2.05) is 0 Å². The van der Waals surface area contributed by atoms with Gasteiger partial charge in [-0.25, -0.2) is 9.50 Å². The van der Waals surface area contributed by atoms with Gasteiger partial charge >= 0.3 is 0 Å². The summed E-state index contributed by atoms with van der Waals surface area (Å²) in [5.74, 6) is -0.586. The SMILES string of the molecule is CC1(C)OC2[C@H](O1)[C@@H](CO)O[C@@]2(C#N)c1ccc2c(N)ncnn12. The van der Waals surface area contributed by atoms with Gasteiger partial charge in [0.1, 0.15) is 36.2 Å². The molecule has 0 spiro atoms. The number of nitrogen functional groups attached to an aromatic ring is 1. The van der Waals surface area contributed by atoms with Crippen molar-refractivity contribution in [2.45, 2.75) is 43.5 Å². The zero-order valence-electron chi connectivity index (χ0n) is 13.2. The van der Waals surface area contributed by atoms with Gasteiger partial charge in [-0.2, -0.15) is 10.4 Å². The molecule has 2 aromatic rings. The van der Waals surface area contributed by atoms with E-state index in [9.17, 15) is 10.4 Å². The first kappa shape index (κ1) is 15.3. The molecular formula is C15H17N5O4. The Hall–Kier alpha value is -2.25. The van der Waals surface area contributed by atoms with Gasteiger partial charge in [0.25, 0.3) is 0 Å². The third-order valence-electron chi connectivity index (χ3n) is 4.44. The molecule has 9 nitrogen and oxygen atoms in total. The van der Waals surface area contributed by atoms with Crippen LogP contribution in [0.3, 0.4) is 0 Å². The highest BCUT2D eigenvalue weighted by Gasteiger charge is 2.65. The summed E-state index contributed by atoms with van der Waals surface area (Å²) in [7, 11) is 0. The summed E-state index contributed by atoms with van der Waals surface area (Å²) >= 11 is 0. The number of aliphatic hydroxyl groups is 1. The van der Waals surface area contributed by atoms with Crippen molar-refractivity contribution in [1.82, 2.24) is 14.6 Å². The van der Waals surface area contributed by atoms with Crippen molar-refractivity contribution < 1.29 is 19.3 Å². The van der Waals surface area contributed by atoms with Gasteiger partial charge < -0.3 is 25.1 Å². The number of aliphatic hydroxyl groups excluding tert-OH is 1. The standard InChI is InChI=1S/C15H17N5O4/c1-14(2)23-11-9(5-21)22-15(6-16,12(11)24-14)10-4-3-8-13(17)18-7-19-20(8)10/h3-4,7,9,11-12,21H,5H2,1-2H3,(H2,17,18,19)/t9-,11-,12?,15+/m1/s1. The zero-order valence-corrected chi connectivity index (χ0v) is 13.2. The molecule has 3 N–H and O–H groups in total. The predicted octanol–water partition coefficient (Wildman–Crippen LogP) is -0.0584. The molecule has 2 fully saturated rings. The number of nitrogens with zero attached hydrogens (tertiary/aromatic N) is 4. The molecular weight excluding hydrogens is 314 g/mol. The van der Waals surface area contributed by atoms with Gasteiger partial charge in [0.2, 0.25) is 5.60 Å². The summed E-state index contributed by atoms with van der Waals surface area (Å²) in [6.45, 7) is 3.24. The second-order valence-electron chi connectivity index (χ2n) is 6.37. The molecule has 2 aromatic heterocycles. The third kappa shape index (κ3) is 1.88.